The average molecular weight is 272 g/mol. The van der Waals surface area contributed by atoms with Crippen molar-refractivity contribution < 1.29 is 9.53 Å². The van der Waals surface area contributed by atoms with Gasteiger partial charge in [-0.25, -0.2) is 4.98 Å². The van der Waals surface area contributed by atoms with Crippen molar-refractivity contribution in [1.82, 2.24) is 9.97 Å². The van der Waals surface area contributed by atoms with E-state index in [-0.39, 0.29) is 5.91 Å². The summed E-state index contributed by atoms with van der Waals surface area (Å²) in [6.07, 6.45) is 1.62. The van der Waals surface area contributed by atoms with Gasteiger partial charge < -0.3 is 15.0 Å². The van der Waals surface area contributed by atoms with Crippen molar-refractivity contribution in [3.05, 3.63) is 36.5 Å². The van der Waals surface area contributed by atoms with Crippen LogP contribution in [-0.2, 0) is 4.79 Å². The van der Waals surface area contributed by atoms with E-state index in [9.17, 15) is 4.79 Å². The number of aromatic nitrogens is 2. The van der Waals surface area contributed by atoms with Crippen molar-refractivity contribution in [1.29, 1.82) is 0 Å². The molecule has 1 aromatic heterocycles. The average Bonchev–Trinajstić information content (AvgIpc) is 2.47. The van der Waals surface area contributed by atoms with Gasteiger partial charge in [-0.05, 0) is 24.3 Å². The first-order valence-corrected chi connectivity index (χ1v) is 6.08. The van der Waals surface area contributed by atoms with Gasteiger partial charge in [-0.1, -0.05) is 0 Å². The molecule has 0 fully saturated rings. The molecule has 20 heavy (non-hydrogen) atoms. The van der Waals surface area contributed by atoms with E-state index in [1.54, 1.807) is 31.3 Å². The van der Waals surface area contributed by atoms with Crippen LogP contribution in [0.25, 0.3) is 0 Å². The Bertz CT molecular complexity index is 598. The lowest BCUT2D eigenvalue weighted by Crippen LogP contribution is -2.22. The maximum atomic E-state index is 11.3. The third kappa shape index (κ3) is 3.23. The molecule has 0 unspecified atom stereocenters. The molecule has 104 valence electrons. The van der Waals surface area contributed by atoms with E-state index >= 15 is 0 Å². The topological polar surface area (TPSA) is 67.3 Å². The van der Waals surface area contributed by atoms with Crippen LogP contribution in [0.2, 0.25) is 0 Å². The van der Waals surface area contributed by atoms with E-state index in [1.807, 2.05) is 24.3 Å². The second-order valence-corrected chi connectivity index (χ2v) is 4.17. The number of methoxy groups -OCH3 is 1. The summed E-state index contributed by atoms with van der Waals surface area (Å²) in [6, 6.07) is 9.10. The molecule has 0 aliphatic heterocycles. The molecule has 1 amide bonds. The Morgan fingerprint density at radius 2 is 1.95 bits per heavy atom. The Morgan fingerprint density at radius 3 is 2.55 bits per heavy atom. The van der Waals surface area contributed by atoms with Crippen molar-refractivity contribution in [2.24, 2.45) is 0 Å². The number of anilines is 3. The predicted molar refractivity (Wildman–Crippen MR) is 77.4 cm³/mol. The minimum atomic E-state index is -0.0122. The van der Waals surface area contributed by atoms with E-state index < -0.39 is 0 Å². The number of amides is 1. The summed E-state index contributed by atoms with van der Waals surface area (Å²) in [5.41, 5.74) is 1.66. The lowest BCUT2D eigenvalue weighted by molar-refractivity contribution is -0.116. The van der Waals surface area contributed by atoms with Crippen LogP contribution in [-0.4, -0.2) is 30.0 Å². The molecule has 1 heterocycles. The maximum Gasteiger partial charge on any atom is 0.230 e. The zero-order valence-corrected chi connectivity index (χ0v) is 11.6. The van der Waals surface area contributed by atoms with Crippen LogP contribution in [0.1, 0.15) is 6.92 Å². The molecule has 0 bridgehead atoms. The van der Waals surface area contributed by atoms with Crippen LogP contribution < -0.4 is 15.0 Å². The number of hydrogen-bond donors (Lipinski definition) is 1. The monoisotopic (exact) mass is 272 g/mol. The van der Waals surface area contributed by atoms with Gasteiger partial charge in [0.1, 0.15) is 0 Å². The highest BCUT2D eigenvalue weighted by atomic mass is 16.5. The number of nitrogens with one attached hydrogen (secondary N) is 1. The van der Waals surface area contributed by atoms with Gasteiger partial charge in [0, 0.05) is 37.6 Å². The second-order valence-electron chi connectivity index (χ2n) is 4.17. The number of carbonyl (C=O) groups is 1. The summed E-state index contributed by atoms with van der Waals surface area (Å²) in [5.74, 6) is 0.939. The van der Waals surface area contributed by atoms with Gasteiger partial charge in [0.05, 0.1) is 7.11 Å². The van der Waals surface area contributed by atoms with Crippen molar-refractivity contribution in [2.45, 2.75) is 6.92 Å². The van der Waals surface area contributed by atoms with E-state index in [0.29, 0.717) is 11.8 Å². The maximum absolute atomic E-state index is 11.3. The zero-order chi connectivity index (χ0) is 14.5. The molecule has 0 saturated carbocycles. The number of benzene rings is 1. The molecule has 0 aliphatic carbocycles. The molecular formula is C14H16N4O2. The van der Waals surface area contributed by atoms with Crippen molar-refractivity contribution in [3.63, 3.8) is 0 Å². The smallest absolute Gasteiger partial charge is 0.230 e. The predicted octanol–water partition coefficient (Wildman–Crippen LogP) is 2.21. The summed E-state index contributed by atoms with van der Waals surface area (Å²) >= 11 is 0. The van der Waals surface area contributed by atoms with Gasteiger partial charge in [0.15, 0.2) is 0 Å². The molecular weight excluding hydrogens is 256 g/mol. The molecule has 0 spiro atoms. The summed E-state index contributed by atoms with van der Waals surface area (Å²) in [4.78, 5) is 21.1. The molecule has 0 saturated heterocycles. The Hall–Kier alpha value is -2.63. The third-order valence-corrected chi connectivity index (χ3v) is 2.82. The van der Waals surface area contributed by atoms with Crippen LogP contribution in [0.3, 0.4) is 0 Å². The molecule has 1 aromatic carbocycles. The second kappa shape index (κ2) is 6.01. The number of ether oxygens (including phenoxy) is 1. The highest BCUT2D eigenvalue weighted by Crippen LogP contribution is 2.19. The Labute approximate surface area is 117 Å². The van der Waals surface area contributed by atoms with Gasteiger partial charge in [-0.2, -0.15) is 4.98 Å². The van der Waals surface area contributed by atoms with Crippen molar-refractivity contribution in [2.75, 3.05) is 24.4 Å². The largest absolute Gasteiger partial charge is 0.481 e. The standard InChI is InChI=1S/C14H16N4O2/c1-10(19)18(2)12-6-4-11(5-7-12)16-14-15-9-8-13(17-14)20-3/h4-9H,1-3H3,(H,15,16,17). The van der Waals surface area contributed by atoms with Crippen LogP contribution in [0.15, 0.2) is 36.5 Å². The molecule has 2 rings (SSSR count). The van der Waals surface area contributed by atoms with Crippen LogP contribution in [0.4, 0.5) is 17.3 Å². The minimum absolute atomic E-state index is 0.0122. The minimum Gasteiger partial charge on any atom is -0.481 e. The lowest BCUT2D eigenvalue weighted by Gasteiger charge is -2.15. The molecule has 6 nitrogen and oxygen atoms in total. The first-order chi connectivity index (χ1) is 9.60. The third-order valence-electron chi connectivity index (χ3n) is 2.82. The number of rotatable bonds is 4. The molecule has 0 aliphatic rings. The molecule has 6 heteroatoms. The van der Waals surface area contributed by atoms with Gasteiger partial charge in [0.25, 0.3) is 0 Å². The Morgan fingerprint density at radius 1 is 1.25 bits per heavy atom. The number of hydrogen-bond acceptors (Lipinski definition) is 5. The summed E-state index contributed by atoms with van der Waals surface area (Å²) < 4.78 is 5.03. The van der Waals surface area contributed by atoms with Gasteiger partial charge in [0.2, 0.25) is 17.7 Å². The zero-order valence-electron chi connectivity index (χ0n) is 11.6. The summed E-state index contributed by atoms with van der Waals surface area (Å²) in [7, 11) is 3.29. The Kier molecular flexibility index (Phi) is 4.14. The van der Waals surface area contributed by atoms with Crippen molar-refractivity contribution >= 4 is 23.2 Å². The van der Waals surface area contributed by atoms with E-state index in [2.05, 4.69) is 15.3 Å². The van der Waals surface area contributed by atoms with E-state index in [4.69, 9.17) is 4.74 Å². The first kappa shape index (κ1) is 13.8. The number of carbonyl (C=O) groups excluding carboxylic acids is 1. The van der Waals surface area contributed by atoms with Crippen LogP contribution >= 0.6 is 0 Å². The van der Waals surface area contributed by atoms with Gasteiger partial charge >= 0.3 is 0 Å². The highest BCUT2D eigenvalue weighted by molar-refractivity contribution is 5.91. The molecule has 1 N–H and O–H groups in total. The van der Waals surface area contributed by atoms with E-state index in [0.717, 1.165) is 11.4 Å². The quantitative estimate of drug-likeness (QED) is 0.924. The lowest BCUT2D eigenvalue weighted by atomic mass is 10.2. The van der Waals surface area contributed by atoms with Crippen molar-refractivity contribution in [3.8, 4) is 5.88 Å². The fourth-order valence-electron chi connectivity index (χ4n) is 1.60. The van der Waals surface area contributed by atoms with Gasteiger partial charge in [-0.15, -0.1) is 0 Å². The fourth-order valence-corrected chi connectivity index (χ4v) is 1.60. The first-order valence-electron chi connectivity index (χ1n) is 6.08. The molecule has 2 aromatic rings. The summed E-state index contributed by atoms with van der Waals surface area (Å²) in [5, 5.41) is 3.07. The van der Waals surface area contributed by atoms with Crippen LogP contribution in [0.5, 0.6) is 5.88 Å². The Balaban J connectivity index is 2.12. The SMILES string of the molecule is COc1ccnc(Nc2ccc(N(C)C(C)=O)cc2)n1. The molecule has 0 radical (unpaired) electrons. The number of nitrogens with zero attached hydrogens (tertiary/aromatic N) is 3. The van der Waals surface area contributed by atoms with E-state index in [1.165, 1.54) is 6.92 Å². The fraction of sp³-hybridized carbons (Fsp3) is 0.214. The summed E-state index contributed by atoms with van der Waals surface area (Å²) in [6.45, 7) is 1.52. The molecule has 0 atom stereocenters. The van der Waals surface area contributed by atoms with Crippen LogP contribution in [0, 0.1) is 0 Å². The highest BCUT2D eigenvalue weighted by Gasteiger charge is 2.05. The normalized spacial score (nSPS) is 9.95. The van der Waals surface area contributed by atoms with Gasteiger partial charge in [-0.3, -0.25) is 4.79 Å².